The summed E-state index contributed by atoms with van der Waals surface area (Å²) in [4.78, 5) is 75.7. The number of nitrogens with two attached hydrogens (primary N) is 1. The Hall–Kier alpha value is -6.42. The number of fused-ring (bicyclic) bond motifs is 1. The Bertz CT molecular complexity index is 2020. The predicted molar refractivity (Wildman–Crippen MR) is 204 cm³/mol. The molecule has 0 spiro atoms. The van der Waals surface area contributed by atoms with Crippen LogP contribution in [0.4, 0.5) is 25.8 Å². The zero-order chi connectivity index (χ0) is 39.2. The van der Waals surface area contributed by atoms with Gasteiger partial charge < -0.3 is 46.2 Å². The lowest BCUT2D eigenvalue weighted by molar-refractivity contribution is -0.129. The van der Waals surface area contributed by atoms with Crippen LogP contribution in [-0.2, 0) is 32.3 Å². The Kier molecular flexibility index (Phi) is 14.2. The maximum atomic E-state index is 13.8. The smallest absolute Gasteiger partial charge is 0.411 e. The number of carbonyl (C=O) groups excluding carboxylic acids is 5. The average molecular weight is 756 g/mol. The number of urea groups is 1. The number of primary amides is 1. The van der Waals surface area contributed by atoms with Crippen LogP contribution in [0.15, 0.2) is 88.1 Å². The van der Waals surface area contributed by atoms with Crippen molar-refractivity contribution in [1.82, 2.24) is 21.3 Å². The van der Waals surface area contributed by atoms with Gasteiger partial charge in [0.2, 0.25) is 11.8 Å². The third kappa shape index (κ3) is 12.3. The molecule has 290 valence electrons. The number of nitrogens with one attached hydrogen (secondary N) is 6. The van der Waals surface area contributed by atoms with Crippen molar-refractivity contribution in [2.75, 3.05) is 30.3 Å². The first kappa shape index (κ1) is 39.8. The molecular formula is C39H45N7O9. The third-order valence-corrected chi connectivity index (χ3v) is 8.97. The fraction of sp³-hybridized carbons (Fsp3) is 0.333. The van der Waals surface area contributed by atoms with Gasteiger partial charge in [0, 0.05) is 47.9 Å². The lowest BCUT2D eigenvalue weighted by Gasteiger charge is -2.31. The number of piperidine rings is 1. The minimum Gasteiger partial charge on any atom is -0.445 e. The van der Waals surface area contributed by atoms with E-state index in [9.17, 15) is 28.8 Å². The van der Waals surface area contributed by atoms with Crippen LogP contribution in [0.3, 0.4) is 0 Å². The largest absolute Gasteiger partial charge is 0.445 e. The summed E-state index contributed by atoms with van der Waals surface area (Å²) in [6.07, 6.45) is 0.447. The Morgan fingerprint density at radius 2 is 1.56 bits per heavy atom. The lowest BCUT2D eigenvalue weighted by Crippen LogP contribution is -2.57. The van der Waals surface area contributed by atoms with E-state index in [-0.39, 0.29) is 32.1 Å². The highest BCUT2D eigenvalue weighted by Crippen LogP contribution is 2.21. The molecule has 16 heteroatoms. The Morgan fingerprint density at radius 3 is 2.27 bits per heavy atom. The van der Waals surface area contributed by atoms with Gasteiger partial charge in [-0.15, -0.1) is 0 Å². The van der Waals surface area contributed by atoms with Crippen LogP contribution in [0.25, 0.3) is 11.0 Å². The number of rotatable bonds is 15. The highest BCUT2D eigenvalue weighted by molar-refractivity contribution is 5.98. The summed E-state index contributed by atoms with van der Waals surface area (Å²) in [7, 11) is 0. The minimum absolute atomic E-state index is 0.0207. The van der Waals surface area contributed by atoms with Crippen LogP contribution in [0.1, 0.15) is 42.4 Å². The molecule has 0 radical (unpaired) electrons. The standard InChI is InChI=1S/C39H45N7O9/c1-24-19-33(47)55-32-20-29(15-16-30(24)32)44-38(51)53-23-26-11-13-28(14-12-26)43-35(48)31(10-6-18-42-37(40)50)45-36(49)34(27-9-5-17-41-21-27)46-39(52)54-22-25-7-3-2-4-8-25/h2-4,7-8,11-16,19-20,27,31,34,41H,5-6,9-10,17-18,21-23H2,1H3,(H,43,48)(H,44,51)(H,45,49)(H,46,52)(H3,40,42,50)/t27?,31-,34-/m0/s1. The Morgan fingerprint density at radius 1 is 0.855 bits per heavy atom. The number of anilines is 2. The molecule has 55 heavy (non-hydrogen) atoms. The molecule has 1 aliphatic rings. The number of hydrogen-bond acceptors (Lipinski definition) is 10. The Labute approximate surface area is 316 Å². The minimum atomic E-state index is -1.04. The van der Waals surface area contributed by atoms with E-state index in [1.165, 1.54) is 12.1 Å². The van der Waals surface area contributed by atoms with Gasteiger partial charge in [-0.05, 0) is 80.1 Å². The molecule has 1 unspecified atom stereocenters. The van der Waals surface area contributed by atoms with Crippen molar-refractivity contribution >= 4 is 52.4 Å². The summed E-state index contributed by atoms with van der Waals surface area (Å²) < 4.78 is 16.0. The summed E-state index contributed by atoms with van der Waals surface area (Å²) in [6.45, 7) is 3.18. The van der Waals surface area contributed by atoms with E-state index in [4.69, 9.17) is 19.6 Å². The van der Waals surface area contributed by atoms with Crippen LogP contribution >= 0.6 is 0 Å². The van der Waals surface area contributed by atoms with Crippen molar-refractivity contribution in [2.45, 2.75) is 57.9 Å². The van der Waals surface area contributed by atoms with Crippen molar-refractivity contribution in [1.29, 1.82) is 0 Å². The molecular weight excluding hydrogens is 710 g/mol. The average Bonchev–Trinajstić information content (AvgIpc) is 3.17. The molecule has 0 bridgehead atoms. The van der Waals surface area contributed by atoms with E-state index < -0.39 is 47.7 Å². The van der Waals surface area contributed by atoms with Crippen molar-refractivity contribution in [3.05, 3.63) is 106 Å². The molecule has 0 aliphatic carbocycles. The number of hydrogen-bond donors (Lipinski definition) is 7. The van der Waals surface area contributed by atoms with E-state index in [0.717, 1.165) is 29.5 Å². The van der Waals surface area contributed by atoms with E-state index in [1.54, 1.807) is 43.3 Å². The molecule has 1 fully saturated rings. The van der Waals surface area contributed by atoms with Gasteiger partial charge in [0.25, 0.3) is 0 Å². The van der Waals surface area contributed by atoms with Gasteiger partial charge in [-0.2, -0.15) is 0 Å². The molecule has 3 aromatic carbocycles. The van der Waals surface area contributed by atoms with Crippen LogP contribution in [0.2, 0.25) is 0 Å². The number of alkyl carbamates (subject to hydrolysis) is 1. The highest BCUT2D eigenvalue weighted by Gasteiger charge is 2.34. The van der Waals surface area contributed by atoms with Gasteiger partial charge >= 0.3 is 23.8 Å². The van der Waals surface area contributed by atoms with Crippen molar-refractivity contribution in [3.8, 4) is 0 Å². The molecule has 1 aromatic heterocycles. The first-order valence-electron chi connectivity index (χ1n) is 17.9. The summed E-state index contributed by atoms with van der Waals surface area (Å²) in [5, 5.41) is 17.4. The molecule has 8 N–H and O–H groups in total. The van der Waals surface area contributed by atoms with Crippen molar-refractivity contribution in [2.24, 2.45) is 11.7 Å². The van der Waals surface area contributed by atoms with Gasteiger partial charge in [0.15, 0.2) is 0 Å². The van der Waals surface area contributed by atoms with Crippen LogP contribution in [0, 0.1) is 12.8 Å². The predicted octanol–water partition coefficient (Wildman–Crippen LogP) is 4.02. The van der Waals surface area contributed by atoms with Gasteiger partial charge in [-0.3, -0.25) is 14.9 Å². The molecule has 4 aromatic rings. The number of carbonyl (C=O) groups is 5. The molecule has 0 saturated carbocycles. The number of amides is 6. The van der Waals surface area contributed by atoms with Gasteiger partial charge in [0.1, 0.15) is 30.9 Å². The highest BCUT2D eigenvalue weighted by atomic mass is 16.6. The zero-order valence-electron chi connectivity index (χ0n) is 30.4. The normalized spacial score (nSPS) is 14.8. The van der Waals surface area contributed by atoms with Crippen LogP contribution in [-0.4, -0.2) is 61.7 Å². The lowest BCUT2D eigenvalue weighted by atomic mass is 9.91. The molecule has 6 amide bonds. The molecule has 1 aliphatic heterocycles. The maximum absolute atomic E-state index is 13.8. The second kappa shape index (κ2) is 19.6. The third-order valence-electron chi connectivity index (χ3n) is 8.97. The first-order valence-corrected chi connectivity index (χ1v) is 17.9. The molecule has 5 rings (SSSR count). The second-order valence-electron chi connectivity index (χ2n) is 13.1. The topological polar surface area (TPSA) is 232 Å². The number of aryl methyl sites for hydroxylation is 1. The van der Waals surface area contributed by atoms with Gasteiger partial charge in [-0.1, -0.05) is 42.5 Å². The van der Waals surface area contributed by atoms with Crippen LogP contribution < -0.4 is 43.3 Å². The monoisotopic (exact) mass is 755 g/mol. The summed E-state index contributed by atoms with van der Waals surface area (Å²) in [5.41, 5.74) is 8.01. The number of benzene rings is 3. The quantitative estimate of drug-likeness (QED) is 0.0680. The van der Waals surface area contributed by atoms with Crippen LogP contribution in [0.5, 0.6) is 0 Å². The van der Waals surface area contributed by atoms with Crippen molar-refractivity contribution in [3.63, 3.8) is 0 Å². The summed E-state index contributed by atoms with van der Waals surface area (Å²) in [6, 6.07) is 19.3. The Balaban J connectivity index is 1.18. The SMILES string of the molecule is Cc1cc(=O)oc2cc(NC(=O)OCc3ccc(NC(=O)[C@H](CCCNC(N)=O)NC(=O)[C@@H](NC(=O)OCc4ccccc4)C4CCCNC4)cc3)ccc12. The maximum Gasteiger partial charge on any atom is 0.411 e. The fourth-order valence-electron chi connectivity index (χ4n) is 6.12. The van der Waals surface area contributed by atoms with Gasteiger partial charge in [0.05, 0.1) is 0 Å². The molecule has 16 nitrogen and oxygen atoms in total. The first-order chi connectivity index (χ1) is 26.5. The second-order valence-corrected chi connectivity index (χ2v) is 13.1. The molecule has 3 atom stereocenters. The number of ether oxygens (including phenoxy) is 2. The van der Waals surface area contributed by atoms with E-state index in [2.05, 4.69) is 31.9 Å². The molecule has 1 saturated heterocycles. The summed E-state index contributed by atoms with van der Waals surface area (Å²) >= 11 is 0. The fourth-order valence-corrected chi connectivity index (χ4v) is 6.12. The van der Waals surface area contributed by atoms with E-state index in [0.29, 0.717) is 41.9 Å². The van der Waals surface area contributed by atoms with E-state index in [1.807, 2.05) is 30.3 Å². The summed E-state index contributed by atoms with van der Waals surface area (Å²) in [5.74, 6) is -1.33. The zero-order valence-corrected chi connectivity index (χ0v) is 30.4. The molecule has 2 heterocycles. The van der Waals surface area contributed by atoms with Gasteiger partial charge in [-0.25, -0.2) is 19.2 Å². The van der Waals surface area contributed by atoms with E-state index >= 15 is 0 Å². The van der Waals surface area contributed by atoms with Crippen molar-refractivity contribution < 1.29 is 37.9 Å².